The summed E-state index contributed by atoms with van der Waals surface area (Å²) in [7, 11) is 2.34. The first-order valence-electron chi connectivity index (χ1n) is 7.66. The molecule has 2 aliphatic rings. The molecule has 1 aliphatic heterocycles. The summed E-state index contributed by atoms with van der Waals surface area (Å²) < 4.78 is 0. The van der Waals surface area contributed by atoms with E-state index in [0.29, 0.717) is 0 Å². The van der Waals surface area contributed by atoms with E-state index in [1.165, 1.54) is 42.9 Å². The zero-order valence-electron chi connectivity index (χ0n) is 12.1. The number of benzene rings is 1. The van der Waals surface area contributed by atoms with Gasteiger partial charge in [0.2, 0.25) is 0 Å². The molecule has 0 radical (unpaired) electrons. The minimum absolute atomic E-state index is 0.739. The fourth-order valence-electron chi connectivity index (χ4n) is 3.68. The molecule has 19 heavy (non-hydrogen) atoms. The van der Waals surface area contributed by atoms with Gasteiger partial charge in [0.05, 0.1) is 0 Å². The molecule has 1 heterocycles. The largest absolute Gasteiger partial charge is 0.303 e. The zero-order valence-corrected chi connectivity index (χ0v) is 13.0. The van der Waals surface area contributed by atoms with Crippen molar-refractivity contribution in [2.45, 2.75) is 49.5 Å². The molecule has 104 valence electrons. The number of rotatable bonds is 3. The van der Waals surface area contributed by atoms with Crippen LogP contribution in [0.5, 0.6) is 0 Å². The van der Waals surface area contributed by atoms with Gasteiger partial charge in [0.15, 0.2) is 0 Å². The number of hydrogen-bond acceptors (Lipinski definition) is 2. The van der Waals surface area contributed by atoms with E-state index in [2.05, 4.69) is 43.1 Å². The highest BCUT2D eigenvalue weighted by Crippen LogP contribution is 2.40. The van der Waals surface area contributed by atoms with Gasteiger partial charge in [0, 0.05) is 29.2 Å². The maximum absolute atomic E-state index is 2.64. The van der Waals surface area contributed by atoms with Gasteiger partial charge in [-0.2, -0.15) is 0 Å². The molecule has 0 amide bonds. The molecule has 1 nitrogen and oxygen atoms in total. The normalized spacial score (nSPS) is 30.6. The SMILES string of the molecule is CC1CCCC(N(C)CC2CSc3ccccc32)C1. The summed E-state index contributed by atoms with van der Waals surface area (Å²) in [5.74, 6) is 2.93. The third kappa shape index (κ3) is 3.00. The molecule has 3 unspecified atom stereocenters. The van der Waals surface area contributed by atoms with Crippen molar-refractivity contribution in [3.05, 3.63) is 29.8 Å². The predicted molar refractivity (Wildman–Crippen MR) is 84.0 cm³/mol. The zero-order chi connectivity index (χ0) is 13.2. The molecule has 0 saturated heterocycles. The van der Waals surface area contributed by atoms with E-state index in [1.54, 1.807) is 5.56 Å². The number of nitrogens with zero attached hydrogens (tertiary/aromatic N) is 1. The van der Waals surface area contributed by atoms with Gasteiger partial charge in [0.1, 0.15) is 0 Å². The number of thioether (sulfide) groups is 1. The van der Waals surface area contributed by atoms with Crippen molar-refractivity contribution in [2.75, 3.05) is 19.3 Å². The van der Waals surface area contributed by atoms with Crippen LogP contribution in [0.1, 0.15) is 44.1 Å². The molecule has 1 aromatic rings. The topological polar surface area (TPSA) is 3.24 Å². The standard InChI is InChI=1S/C17H25NS/c1-13-6-5-7-15(10-13)18(2)11-14-12-19-17-9-4-3-8-16(14)17/h3-4,8-9,13-15H,5-7,10-12H2,1-2H3. The minimum atomic E-state index is 0.739. The van der Waals surface area contributed by atoms with Crippen molar-refractivity contribution >= 4 is 11.8 Å². The van der Waals surface area contributed by atoms with Crippen molar-refractivity contribution < 1.29 is 0 Å². The van der Waals surface area contributed by atoms with Crippen molar-refractivity contribution in [1.29, 1.82) is 0 Å². The number of likely N-dealkylation sites (N-methyl/N-ethyl adjacent to an activating group) is 1. The van der Waals surface area contributed by atoms with Gasteiger partial charge in [-0.3, -0.25) is 0 Å². The Labute approximate surface area is 121 Å². The van der Waals surface area contributed by atoms with Crippen LogP contribution in [0.25, 0.3) is 0 Å². The fraction of sp³-hybridized carbons (Fsp3) is 0.647. The average molecular weight is 275 g/mol. The second-order valence-electron chi connectivity index (χ2n) is 6.41. The highest BCUT2D eigenvalue weighted by molar-refractivity contribution is 7.99. The molecule has 0 aromatic heterocycles. The van der Waals surface area contributed by atoms with E-state index in [1.807, 2.05) is 11.8 Å². The smallest absolute Gasteiger partial charge is 0.0108 e. The summed E-state index contributed by atoms with van der Waals surface area (Å²) in [5.41, 5.74) is 1.59. The van der Waals surface area contributed by atoms with Crippen molar-refractivity contribution in [2.24, 2.45) is 5.92 Å². The van der Waals surface area contributed by atoms with Crippen molar-refractivity contribution in [1.82, 2.24) is 4.90 Å². The van der Waals surface area contributed by atoms with E-state index in [4.69, 9.17) is 0 Å². The lowest BCUT2D eigenvalue weighted by atomic mass is 9.86. The predicted octanol–water partition coefficient (Wildman–Crippen LogP) is 4.39. The maximum Gasteiger partial charge on any atom is 0.0108 e. The van der Waals surface area contributed by atoms with Crippen LogP contribution in [0.2, 0.25) is 0 Å². The van der Waals surface area contributed by atoms with Crippen molar-refractivity contribution in [3.8, 4) is 0 Å². The third-order valence-electron chi connectivity index (χ3n) is 4.84. The Hall–Kier alpha value is -0.470. The van der Waals surface area contributed by atoms with Crippen LogP contribution in [0.4, 0.5) is 0 Å². The van der Waals surface area contributed by atoms with Crippen LogP contribution in [-0.4, -0.2) is 30.3 Å². The molecule has 0 spiro atoms. The first-order valence-corrected chi connectivity index (χ1v) is 8.64. The second-order valence-corrected chi connectivity index (χ2v) is 7.47. The molecule has 1 saturated carbocycles. The van der Waals surface area contributed by atoms with E-state index >= 15 is 0 Å². The highest BCUT2D eigenvalue weighted by atomic mass is 32.2. The van der Waals surface area contributed by atoms with Gasteiger partial charge in [-0.15, -0.1) is 11.8 Å². The highest BCUT2D eigenvalue weighted by Gasteiger charge is 2.28. The molecular formula is C17H25NS. The van der Waals surface area contributed by atoms with Gasteiger partial charge in [-0.25, -0.2) is 0 Å². The van der Waals surface area contributed by atoms with Crippen LogP contribution in [0.3, 0.4) is 0 Å². The molecule has 0 N–H and O–H groups in total. The summed E-state index contributed by atoms with van der Waals surface area (Å²) in [6.07, 6.45) is 5.67. The lowest BCUT2D eigenvalue weighted by Crippen LogP contribution is -2.38. The molecule has 0 bridgehead atoms. The first-order chi connectivity index (χ1) is 9.24. The molecule has 1 aliphatic carbocycles. The van der Waals surface area contributed by atoms with Crippen LogP contribution >= 0.6 is 11.8 Å². The molecule has 1 fully saturated rings. The van der Waals surface area contributed by atoms with Gasteiger partial charge < -0.3 is 4.90 Å². The van der Waals surface area contributed by atoms with Gasteiger partial charge in [0.25, 0.3) is 0 Å². The maximum atomic E-state index is 2.64. The lowest BCUT2D eigenvalue weighted by molar-refractivity contribution is 0.159. The Balaban J connectivity index is 1.63. The Morgan fingerprint density at radius 3 is 2.95 bits per heavy atom. The second kappa shape index (κ2) is 5.88. The summed E-state index contributed by atoms with van der Waals surface area (Å²) >= 11 is 2.04. The molecule has 1 aromatic carbocycles. The van der Waals surface area contributed by atoms with Gasteiger partial charge in [-0.1, -0.05) is 38.0 Å². The number of fused-ring (bicyclic) bond motifs is 1. The van der Waals surface area contributed by atoms with E-state index in [9.17, 15) is 0 Å². The van der Waals surface area contributed by atoms with E-state index in [-0.39, 0.29) is 0 Å². The van der Waals surface area contributed by atoms with E-state index < -0.39 is 0 Å². The summed E-state index contributed by atoms with van der Waals surface area (Å²) in [6, 6.07) is 9.79. The van der Waals surface area contributed by atoms with Gasteiger partial charge in [-0.05, 0) is 37.4 Å². The molecule has 3 rings (SSSR count). The Morgan fingerprint density at radius 2 is 2.11 bits per heavy atom. The summed E-state index contributed by atoms with van der Waals surface area (Å²) in [6.45, 7) is 3.65. The third-order valence-corrected chi connectivity index (χ3v) is 6.09. The Kier molecular flexibility index (Phi) is 4.18. The fourth-order valence-corrected chi connectivity index (χ4v) is 4.92. The molecule has 2 heteroatoms. The lowest BCUT2D eigenvalue weighted by Gasteiger charge is -2.35. The van der Waals surface area contributed by atoms with E-state index in [0.717, 1.165) is 17.9 Å². The Bertz CT molecular complexity index is 431. The van der Waals surface area contributed by atoms with Crippen LogP contribution in [0, 0.1) is 5.92 Å². The molecular weight excluding hydrogens is 250 g/mol. The Morgan fingerprint density at radius 1 is 1.26 bits per heavy atom. The minimum Gasteiger partial charge on any atom is -0.303 e. The summed E-state index contributed by atoms with van der Waals surface area (Å²) in [4.78, 5) is 4.15. The van der Waals surface area contributed by atoms with Crippen LogP contribution in [-0.2, 0) is 0 Å². The van der Waals surface area contributed by atoms with Crippen molar-refractivity contribution in [3.63, 3.8) is 0 Å². The molecule has 3 atom stereocenters. The summed E-state index contributed by atoms with van der Waals surface area (Å²) in [5, 5.41) is 0. The first kappa shape index (κ1) is 13.5. The quantitative estimate of drug-likeness (QED) is 0.805. The average Bonchev–Trinajstić information content (AvgIpc) is 2.82. The van der Waals surface area contributed by atoms with Gasteiger partial charge >= 0.3 is 0 Å². The monoisotopic (exact) mass is 275 g/mol. The number of hydrogen-bond donors (Lipinski definition) is 0. The van der Waals surface area contributed by atoms with Crippen LogP contribution < -0.4 is 0 Å². The van der Waals surface area contributed by atoms with Crippen LogP contribution in [0.15, 0.2) is 29.2 Å².